The number of nitrogens with one attached hydrogen (secondary N) is 1. The van der Waals surface area contributed by atoms with E-state index in [-0.39, 0.29) is 6.10 Å². The number of benzene rings is 2. The zero-order chi connectivity index (χ0) is 16.8. The summed E-state index contributed by atoms with van der Waals surface area (Å²) in [7, 11) is 0. The van der Waals surface area contributed by atoms with Crippen LogP contribution < -0.4 is 5.32 Å². The highest BCUT2D eigenvalue weighted by Gasteiger charge is 2.20. The summed E-state index contributed by atoms with van der Waals surface area (Å²) in [5.74, 6) is 0. The number of hydrogen-bond acceptors (Lipinski definition) is 4. The van der Waals surface area contributed by atoms with Gasteiger partial charge in [-0.1, -0.05) is 48.0 Å². The van der Waals surface area contributed by atoms with Gasteiger partial charge in [0.2, 0.25) is 0 Å². The summed E-state index contributed by atoms with van der Waals surface area (Å²) in [6, 6.07) is 18.0. The van der Waals surface area contributed by atoms with Crippen LogP contribution in [0.5, 0.6) is 0 Å². The first-order valence-electron chi connectivity index (χ1n) is 8.06. The normalized spacial score (nSPS) is 18.1. The van der Waals surface area contributed by atoms with Gasteiger partial charge in [0.1, 0.15) is 6.07 Å². The van der Waals surface area contributed by atoms with E-state index in [2.05, 4.69) is 40.6 Å². The van der Waals surface area contributed by atoms with Crippen molar-refractivity contribution in [3.63, 3.8) is 0 Å². The van der Waals surface area contributed by atoms with Crippen molar-refractivity contribution >= 4 is 17.3 Å². The van der Waals surface area contributed by atoms with Crippen molar-refractivity contribution in [2.75, 3.05) is 31.6 Å². The van der Waals surface area contributed by atoms with Crippen LogP contribution in [0.4, 0.5) is 5.69 Å². The van der Waals surface area contributed by atoms with Gasteiger partial charge in [-0.3, -0.25) is 4.90 Å². The van der Waals surface area contributed by atoms with Gasteiger partial charge >= 0.3 is 0 Å². The second kappa shape index (κ2) is 8.16. The Morgan fingerprint density at radius 3 is 2.83 bits per heavy atom. The van der Waals surface area contributed by atoms with E-state index >= 15 is 0 Å². The first-order valence-corrected chi connectivity index (χ1v) is 8.44. The highest BCUT2D eigenvalue weighted by atomic mass is 35.5. The van der Waals surface area contributed by atoms with Gasteiger partial charge in [-0.05, 0) is 17.7 Å². The molecule has 1 fully saturated rings. The molecular weight excluding hydrogens is 322 g/mol. The van der Waals surface area contributed by atoms with Crippen LogP contribution in [-0.4, -0.2) is 37.2 Å². The Balaban J connectivity index is 1.56. The summed E-state index contributed by atoms with van der Waals surface area (Å²) < 4.78 is 5.85. The summed E-state index contributed by atoms with van der Waals surface area (Å²) in [6.45, 7) is 4.11. The predicted octanol–water partition coefficient (Wildman–Crippen LogP) is 3.52. The molecule has 2 aromatic rings. The summed E-state index contributed by atoms with van der Waals surface area (Å²) in [4.78, 5) is 2.40. The summed E-state index contributed by atoms with van der Waals surface area (Å²) in [5.41, 5.74) is 2.55. The molecule has 0 amide bonds. The zero-order valence-electron chi connectivity index (χ0n) is 13.4. The lowest BCUT2D eigenvalue weighted by Gasteiger charge is -2.33. The number of ether oxygens (including phenoxy) is 1. The molecule has 24 heavy (non-hydrogen) atoms. The van der Waals surface area contributed by atoms with Gasteiger partial charge in [-0.2, -0.15) is 5.26 Å². The quantitative estimate of drug-likeness (QED) is 0.904. The van der Waals surface area contributed by atoms with Gasteiger partial charge in [0.25, 0.3) is 0 Å². The van der Waals surface area contributed by atoms with Crippen molar-refractivity contribution in [3.05, 3.63) is 64.7 Å². The first-order chi connectivity index (χ1) is 11.8. The average Bonchev–Trinajstić information content (AvgIpc) is 2.61. The molecule has 1 atom stereocenters. The molecule has 0 radical (unpaired) electrons. The van der Waals surface area contributed by atoms with E-state index < -0.39 is 0 Å². The number of nitrogens with zero attached hydrogens (tertiary/aromatic N) is 2. The van der Waals surface area contributed by atoms with Gasteiger partial charge in [0.05, 0.1) is 29.0 Å². The minimum absolute atomic E-state index is 0.0907. The zero-order valence-corrected chi connectivity index (χ0v) is 14.2. The van der Waals surface area contributed by atoms with Crippen LogP contribution >= 0.6 is 11.6 Å². The number of morpholine rings is 1. The second-order valence-corrected chi connectivity index (χ2v) is 6.28. The number of halogens is 1. The topological polar surface area (TPSA) is 48.3 Å². The first kappa shape index (κ1) is 16.8. The molecule has 0 saturated carbocycles. The fourth-order valence-corrected chi connectivity index (χ4v) is 3.11. The maximum atomic E-state index is 9.23. The van der Waals surface area contributed by atoms with Crippen molar-refractivity contribution in [1.82, 2.24) is 4.90 Å². The molecule has 0 bridgehead atoms. The monoisotopic (exact) mass is 341 g/mol. The largest absolute Gasteiger partial charge is 0.381 e. The SMILES string of the molecule is N#Cc1c(Cl)cccc1NCC1CN(Cc2ccccc2)CCO1. The molecule has 2 aromatic carbocycles. The highest BCUT2D eigenvalue weighted by Crippen LogP contribution is 2.23. The third-order valence-electron chi connectivity index (χ3n) is 4.12. The molecule has 124 valence electrons. The molecule has 0 aromatic heterocycles. The standard InChI is InChI=1S/C19H20ClN3O/c20-18-7-4-8-19(17(18)11-21)22-12-16-14-23(9-10-24-16)13-15-5-2-1-3-6-15/h1-8,16,22H,9-10,12-14H2. The Labute approximate surface area is 147 Å². The van der Waals surface area contributed by atoms with Crippen molar-refractivity contribution in [2.45, 2.75) is 12.6 Å². The molecular formula is C19H20ClN3O. The molecule has 0 aliphatic carbocycles. The van der Waals surface area contributed by atoms with Crippen molar-refractivity contribution in [1.29, 1.82) is 5.26 Å². The Hall–Kier alpha value is -2.06. The minimum Gasteiger partial charge on any atom is -0.381 e. The van der Waals surface area contributed by atoms with Gasteiger partial charge in [-0.25, -0.2) is 0 Å². The molecule has 3 rings (SSSR count). The van der Waals surface area contributed by atoms with Gasteiger partial charge < -0.3 is 10.1 Å². The van der Waals surface area contributed by atoms with Gasteiger partial charge in [-0.15, -0.1) is 0 Å². The average molecular weight is 342 g/mol. The number of anilines is 1. The highest BCUT2D eigenvalue weighted by molar-refractivity contribution is 6.32. The van der Waals surface area contributed by atoms with E-state index in [1.54, 1.807) is 6.07 Å². The van der Waals surface area contributed by atoms with Crippen molar-refractivity contribution < 1.29 is 4.74 Å². The maximum absolute atomic E-state index is 9.23. The summed E-state index contributed by atoms with van der Waals surface area (Å²) >= 11 is 6.06. The summed E-state index contributed by atoms with van der Waals surface area (Å²) in [5, 5.41) is 13.0. The number of rotatable bonds is 5. The van der Waals surface area contributed by atoms with Crippen LogP contribution in [0.15, 0.2) is 48.5 Å². The predicted molar refractivity (Wildman–Crippen MR) is 96.1 cm³/mol. The number of nitriles is 1. The summed E-state index contributed by atoms with van der Waals surface area (Å²) in [6.07, 6.45) is 0.0907. The van der Waals surface area contributed by atoms with Gasteiger partial charge in [0, 0.05) is 26.2 Å². The van der Waals surface area contributed by atoms with Crippen molar-refractivity contribution in [2.24, 2.45) is 0 Å². The van der Waals surface area contributed by atoms with Crippen LogP contribution in [0.1, 0.15) is 11.1 Å². The number of hydrogen-bond donors (Lipinski definition) is 1. The van der Waals surface area contributed by atoms with E-state index in [4.69, 9.17) is 16.3 Å². The lowest BCUT2D eigenvalue weighted by Crippen LogP contribution is -2.44. The molecule has 1 aliphatic heterocycles. The molecule has 1 aliphatic rings. The molecule has 1 heterocycles. The van der Waals surface area contributed by atoms with Crippen LogP contribution in [0.25, 0.3) is 0 Å². The lowest BCUT2D eigenvalue weighted by atomic mass is 10.1. The molecule has 0 spiro atoms. The molecule has 1 unspecified atom stereocenters. The third-order valence-corrected chi connectivity index (χ3v) is 4.43. The van der Waals surface area contributed by atoms with Crippen LogP contribution in [-0.2, 0) is 11.3 Å². The molecule has 5 heteroatoms. The Bertz CT molecular complexity index is 714. The second-order valence-electron chi connectivity index (χ2n) is 5.87. The Kier molecular flexibility index (Phi) is 5.71. The van der Waals surface area contributed by atoms with E-state index in [1.165, 1.54) is 5.56 Å². The minimum atomic E-state index is 0.0907. The third kappa shape index (κ3) is 4.27. The molecule has 4 nitrogen and oxygen atoms in total. The Morgan fingerprint density at radius 2 is 2.04 bits per heavy atom. The fraction of sp³-hybridized carbons (Fsp3) is 0.316. The van der Waals surface area contributed by atoms with Crippen molar-refractivity contribution in [3.8, 4) is 6.07 Å². The molecule has 1 saturated heterocycles. The van der Waals surface area contributed by atoms with Crippen LogP contribution in [0.2, 0.25) is 5.02 Å². The Morgan fingerprint density at radius 1 is 1.21 bits per heavy atom. The van der Waals surface area contributed by atoms with Gasteiger partial charge in [0.15, 0.2) is 0 Å². The van der Waals surface area contributed by atoms with E-state index in [0.717, 1.165) is 31.9 Å². The van der Waals surface area contributed by atoms with E-state index in [0.29, 0.717) is 17.1 Å². The van der Waals surface area contributed by atoms with Crippen LogP contribution in [0, 0.1) is 11.3 Å². The lowest BCUT2D eigenvalue weighted by molar-refractivity contribution is -0.0240. The van der Waals surface area contributed by atoms with E-state index in [1.807, 2.05) is 18.2 Å². The molecule has 1 N–H and O–H groups in total. The van der Waals surface area contributed by atoms with Crippen LogP contribution in [0.3, 0.4) is 0 Å². The van der Waals surface area contributed by atoms with E-state index in [9.17, 15) is 5.26 Å². The maximum Gasteiger partial charge on any atom is 0.103 e. The smallest absolute Gasteiger partial charge is 0.103 e. The fourth-order valence-electron chi connectivity index (χ4n) is 2.90.